The number of ether oxygens (including phenoxy) is 1. The zero-order valence-corrected chi connectivity index (χ0v) is 14.0. The summed E-state index contributed by atoms with van der Waals surface area (Å²) in [5.41, 5.74) is 1.63. The summed E-state index contributed by atoms with van der Waals surface area (Å²) >= 11 is 0. The standard InChI is InChI=1S/C18H22N4O3/c23-18(24)15-4-1-3-14(11-15)16-12-19-13-17(21-16)20-5-2-6-22-7-9-25-10-8-22/h1,3-4,11-13H,2,5-10H2,(H,20,21)(H,23,24). The molecule has 1 aromatic heterocycles. The zero-order chi connectivity index (χ0) is 17.5. The van der Waals surface area contributed by atoms with Crippen molar-refractivity contribution in [2.45, 2.75) is 6.42 Å². The summed E-state index contributed by atoms with van der Waals surface area (Å²) in [5, 5.41) is 12.4. The van der Waals surface area contributed by atoms with E-state index in [4.69, 9.17) is 9.84 Å². The Hall–Kier alpha value is -2.51. The van der Waals surface area contributed by atoms with Crippen LogP contribution in [0.4, 0.5) is 5.82 Å². The quantitative estimate of drug-likeness (QED) is 0.744. The Balaban J connectivity index is 1.56. The molecule has 3 rings (SSSR count). The Kier molecular flexibility index (Phi) is 5.92. The summed E-state index contributed by atoms with van der Waals surface area (Å²) in [5.74, 6) is -0.257. The molecule has 0 spiro atoms. The number of benzene rings is 1. The van der Waals surface area contributed by atoms with E-state index < -0.39 is 5.97 Å². The number of nitrogens with one attached hydrogen (secondary N) is 1. The first kappa shape index (κ1) is 17.3. The Morgan fingerprint density at radius 2 is 2.12 bits per heavy atom. The van der Waals surface area contributed by atoms with E-state index in [2.05, 4.69) is 20.2 Å². The van der Waals surface area contributed by atoms with Crippen LogP contribution in [-0.4, -0.2) is 65.3 Å². The number of nitrogens with zero attached hydrogens (tertiary/aromatic N) is 3. The van der Waals surface area contributed by atoms with Gasteiger partial charge in [-0.1, -0.05) is 12.1 Å². The van der Waals surface area contributed by atoms with Gasteiger partial charge in [-0.2, -0.15) is 0 Å². The van der Waals surface area contributed by atoms with E-state index in [0.29, 0.717) is 11.5 Å². The van der Waals surface area contributed by atoms with E-state index in [1.807, 2.05) is 6.07 Å². The van der Waals surface area contributed by atoms with E-state index >= 15 is 0 Å². The van der Waals surface area contributed by atoms with Crippen molar-refractivity contribution >= 4 is 11.8 Å². The molecule has 7 heteroatoms. The molecule has 0 aliphatic carbocycles. The molecule has 0 bridgehead atoms. The van der Waals surface area contributed by atoms with E-state index in [1.54, 1.807) is 30.6 Å². The molecule has 0 saturated carbocycles. The number of carboxylic acids is 1. The Morgan fingerprint density at radius 3 is 2.92 bits per heavy atom. The number of anilines is 1. The molecule has 1 aliphatic rings. The lowest BCUT2D eigenvalue weighted by Gasteiger charge is -2.26. The van der Waals surface area contributed by atoms with E-state index in [9.17, 15) is 4.79 Å². The highest BCUT2D eigenvalue weighted by Gasteiger charge is 2.10. The molecule has 0 radical (unpaired) electrons. The average molecular weight is 342 g/mol. The van der Waals surface area contributed by atoms with Gasteiger partial charge in [-0.15, -0.1) is 0 Å². The monoisotopic (exact) mass is 342 g/mol. The minimum absolute atomic E-state index is 0.239. The maximum absolute atomic E-state index is 11.1. The fourth-order valence-electron chi connectivity index (χ4n) is 2.75. The Bertz CT molecular complexity index is 717. The smallest absolute Gasteiger partial charge is 0.335 e. The van der Waals surface area contributed by atoms with Gasteiger partial charge in [0.1, 0.15) is 5.82 Å². The van der Waals surface area contributed by atoms with Crippen LogP contribution in [0.3, 0.4) is 0 Å². The second kappa shape index (κ2) is 8.55. The van der Waals surface area contributed by atoms with Gasteiger partial charge in [0.05, 0.1) is 36.9 Å². The van der Waals surface area contributed by atoms with Crippen LogP contribution in [0.2, 0.25) is 0 Å². The fourth-order valence-corrected chi connectivity index (χ4v) is 2.75. The van der Waals surface area contributed by atoms with Gasteiger partial charge in [0, 0.05) is 25.2 Å². The number of aromatic carboxylic acids is 1. The number of hydrogen-bond donors (Lipinski definition) is 2. The van der Waals surface area contributed by atoms with Crippen LogP contribution in [-0.2, 0) is 4.74 Å². The first-order valence-electron chi connectivity index (χ1n) is 8.42. The van der Waals surface area contributed by atoms with E-state index in [0.717, 1.165) is 51.4 Å². The second-order valence-corrected chi connectivity index (χ2v) is 5.91. The molecule has 0 amide bonds. The minimum Gasteiger partial charge on any atom is -0.478 e. The highest BCUT2D eigenvalue weighted by Crippen LogP contribution is 2.19. The van der Waals surface area contributed by atoms with Crippen LogP contribution in [0.1, 0.15) is 16.8 Å². The summed E-state index contributed by atoms with van der Waals surface area (Å²) in [6, 6.07) is 6.71. The van der Waals surface area contributed by atoms with Crippen LogP contribution in [0.25, 0.3) is 11.3 Å². The van der Waals surface area contributed by atoms with Crippen LogP contribution in [0.5, 0.6) is 0 Å². The maximum Gasteiger partial charge on any atom is 0.335 e. The topological polar surface area (TPSA) is 87.6 Å². The summed E-state index contributed by atoms with van der Waals surface area (Å²) < 4.78 is 5.34. The van der Waals surface area contributed by atoms with Crippen molar-refractivity contribution in [1.82, 2.24) is 14.9 Å². The molecule has 1 aromatic carbocycles. The number of rotatable bonds is 7. The fraction of sp³-hybridized carbons (Fsp3) is 0.389. The van der Waals surface area contributed by atoms with Crippen molar-refractivity contribution in [1.29, 1.82) is 0 Å². The molecule has 7 nitrogen and oxygen atoms in total. The van der Waals surface area contributed by atoms with Crippen molar-refractivity contribution in [3.8, 4) is 11.3 Å². The number of morpholine rings is 1. The third-order valence-electron chi connectivity index (χ3n) is 4.10. The Morgan fingerprint density at radius 1 is 1.28 bits per heavy atom. The van der Waals surface area contributed by atoms with Gasteiger partial charge < -0.3 is 15.2 Å². The van der Waals surface area contributed by atoms with Gasteiger partial charge >= 0.3 is 5.97 Å². The van der Waals surface area contributed by atoms with E-state index in [-0.39, 0.29) is 5.56 Å². The van der Waals surface area contributed by atoms with Gasteiger partial charge in [-0.25, -0.2) is 9.78 Å². The van der Waals surface area contributed by atoms with E-state index in [1.165, 1.54) is 0 Å². The molecule has 1 aliphatic heterocycles. The molecule has 1 saturated heterocycles. The number of carbonyl (C=O) groups is 1. The number of hydrogen-bond acceptors (Lipinski definition) is 6. The SMILES string of the molecule is O=C(O)c1cccc(-c2cncc(NCCCN3CCOCC3)n2)c1. The molecular weight excluding hydrogens is 320 g/mol. The molecule has 1 fully saturated rings. The van der Waals surface area contributed by atoms with Gasteiger partial charge in [0.2, 0.25) is 0 Å². The maximum atomic E-state index is 11.1. The van der Waals surface area contributed by atoms with Crippen molar-refractivity contribution in [3.63, 3.8) is 0 Å². The van der Waals surface area contributed by atoms with Crippen molar-refractivity contribution in [2.24, 2.45) is 0 Å². The molecule has 132 valence electrons. The third-order valence-corrected chi connectivity index (χ3v) is 4.10. The second-order valence-electron chi connectivity index (χ2n) is 5.91. The molecular formula is C18H22N4O3. The number of aromatic nitrogens is 2. The zero-order valence-electron chi connectivity index (χ0n) is 14.0. The molecule has 2 N–H and O–H groups in total. The summed E-state index contributed by atoms with van der Waals surface area (Å²) in [4.78, 5) is 22.2. The Labute approximate surface area is 146 Å². The normalized spacial score (nSPS) is 15.0. The summed E-state index contributed by atoms with van der Waals surface area (Å²) in [6.07, 6.45) is 4.33. The third kappa shape index (κ3) is 4.98. The first-order chi connectivity index (χ1) is 12.2. The molecule has 0 atom stereocenters. The lowest BCUT2D eigenvalue weighted by atomic mass is 10.1. The van der Waals surface area contributed by atoms with Crippen LogP contribution >= 0.6 is 0 Å². The summed E-state index contributed by atoms with van der Waals surface area (Å²) in [6.45, 7) is 5.46. The van der Waals surface area contributed by atoms with Gasteiger partial charge in [-0.05, 0) is 25.1 Å². The predicted octanol–water partition coefficient (Wildman–Crippen LogP) is 1.98. The number of carboxylic acid groups (broad SMARTS) is 1. The van der Waals surface area contributed by atoms with Gasteiger partial charge in [0.25, 0.3) is 0 Å². The molecule has 2 aromatic rings. The lowest BCUT2D eigenvalue weighted by molar-refractivity contribution is 0.0378. The highest BCUT2D eigenvalue weighted by atomic mass is 16.5. The van der Waals surface area contributed by atoms with Crippen LogP contribution in [0, 0.1) is 0 Å². The summed E-state index contributed by atoms with van der Waals surface area (Å²) in [7, 11) is 0. The van der Waals surface area contributed by atoms with Gasteiger partial charge in [0.15, 0.2) is 0 Å². The van der Waals surface area contributed by atoms with Gasteiger partial charge in [-0.3, -0.25) is 9.88 Å². The lowest BCUT2D eigenvalue weighted by Crippen LogP contribution is -2.37. The first-order valence-corrected chi connectivity index (χ1v) is 8.42. The average Bonchev–Trinajstić information content (AvgIpc) is 2.66. The molecule has 2 heterocycles. The van der Waals surface area contributed by atoms with Crippen LogP contribution < -0.4 is 5.32 Å². The minimum atomic E-state index is -0.952. The van der Waals surface area contributed by atoms with Crippen molar-refractivity contribution < 1.29 is 14.6 Å². The van der Waals surface area contributed by atoms with Crippen molar-refractivity contribution in [3.05, 3.63) is 42.2 Å². The predicted molar refractivity (Wildman–Crippen MR) is 94.8 cm³/mol. The van der Waals surface area contributed by atoms with Crippen molar-refractivity contribution in [2.75, 3.05) is 44.7 Å². The highest BCUT2D eigenvalue weighted by molar-refractivity contribution is 5.89. The molecule has 0 unspecified atom stereocenters. The molecule has 25 heavy (non-hydrogen) atoms. The largest absolute Gasteiger partial charge is 0.478 e. The van der Waals surface area contributed by atoms with Crippen LogP contribution in [0.15, 0.2) is 36.7 Å².